The maximum absolute atomic E-state index is 13.0. The lowest BCUT2D eigenvalue weighted by molar-refractivity contribution is 0.0784. The van der Waals surface area contributed by atoms with Gasteiger partial charge in [0, 0.05) is 19.2 Å². The van der Waals surface area contributed by atoms with Crippen LogP contribution in [-0.4, -0.2) is 33.7 Å². The molecule has 6 heteroatoms. The van der Waals surface area contributed by atoms with Crippen LogP contribution < -0.4 is 0 Å². The smallest absolute Gasteiger partial charge is 0.272 e. The van der Waals surface area contributed by atoms with Crippen LogP contribution >= 0.6 is 11.6 Å². The maximum Gasteiger partial charge on any atom is 0.272 e. The molecule has 5 nitrogen and oxygen atoms in total. The highest BCUT2D eigenvalue weighted by Gasteiger charge is 2.26. The van der Waals surface area contributed by atoms with Gasteiger partial charge in [-0.2, -0.15) is 5.10 Å². The van der Waals surface area contributed by atoms with E-state index < -0.39 is 0 Å². The minimum absolute atomic E-state index is 0.0283. The zero-order valence-electron chi connectivity index (χ0n) is 13.9. The Morgan fingerprint density at radius 1 is 1.16 bits per heavy atom. The zero-order chi connectivity index (χ0) is 17.4. The summed E-state index contributed by atoms with van der Waals surface area (Å²) in [4.78, 5) is 14.9. The molecular formula is C19H18ClN3O2. The Labute approximate surface area is 150 Å². The highest BCUT2D eigenvalue weighted by Crippen LogP contribution is 2.28. The molecule has 0 aliphatic carbocycles. The van der Waals surface area contributed by atoms with E-state index in [2.05, 4.69) is 5.10 Å². The fraction of sp³-hybridized carbons (Fsp3) is 0.263. The molecule has 0 N–H and O–H groups in total. The average Bonchev–Trinajstić information content (AvgIpc) is 3.35. The lowest BCUT2D eigenvalue weighted by atomic mass is 10.2. The molecule has 1 fully saturated rings. The van der Waals surface area contributed by atoms with Crippen molar-refractivity contribution in [3.8, 4) is 17.1 Å². The van der Waals surface area contributed by atoms with Crippen molar-refractivity contribution < 1.29 is 9.21 Å². The van der Waals surface area contributed by atoms with E-state index in [1.807, 2.05) is 42.2 Å². The minimum Gasteiger partial charge on any atom is -0.460 e. The molecule has 1 aromatic carbocycles. The van der Waals surface area contributed by atoms with E-state index in [0.29, 0.717) is 27.9 Å². The molecule has 1 aliphatic heterocycles. The Morgan fingerprint density at radius 2 is 1.92 bits per heavy atom. The van der Waals surface area contributed by atoms with E-state index in [1.54, 1.807) is 16.8 Å². The van der Waals surface area contributed by atoms with Gasteiger partial charge in [-0.3, -0.25) is 4.79 Å². The molecule has 0 radical (unpaired) electrons. The number of para-hydroxylation sites is 1. The van der Waals surface area contributed by atoms with Crippen LogP contribution in [0.15, 0.2) is 46.9 Å². The molecule has 25 heavy (non-hydrogen) atoms. The van der Waals surface area contributed by atoms with Crippen LogP contribution in [0.3, 0.4) is 0 Å². The summed E-state index contributed by atoms with van der Waals surface area (Å²) < 4.78 is 7.30. The van der Waals surface area contributed by atoms with Crippen molar-refractivity contribution in [3.05, 3.63) is 58.9 Å². The number of aryl methyl sites for hydroxylation is 1. The number of rotatable bonds is 3. The van der Waals surface area contributed by atoms with Gasteiger partial charge < -0.3 is 9.32 Å². The van der Waals surface area contributed by atoms with Crippen molar-refractivity contribution in [2.24, 2.45) is 0 Å². The second-order valence-electron chi connectivity index (χ2n) is 6.19. The number of hydrogen-bond donors (Lipinski definition) is 0. The van der Waals surface area contributed by atoms with Crippen molar-refractivity contribution >= 4 is 17.5 Å². The summed E-state index contributed by atoms with van der Waals surface area (Å²) >= 11 is 6.35. The maximum atomic E-state index is 13.0. The Kier molecular flexibility index (Phi) is 4.09. The summed E-state index contributed by atoms with van der Waals surface area (Å²) in [5, 5.41) is 5.15. The highest BCUT2D eigenvalue weighted by atomic mass is 35.5. The van der Waals surface area contributed by atoms with E-state index >= 15 is 0 Å². The number of benzene rings is 1. The zero-order valence-corrected chi connectivity index (χ0v) is 14.7. The molecular weight excluding hydrogens is 338 g/mol. The number of carbonyl (C=O) groups is 1. The number of furan rings is 1. The van der Waals surface area contributed by atoms with Crippen LogP contribution in [0, 0.1) is 6.92 Å². The van der Waals surface area contributed by atoms with Gasteiger partial charge in [0.2, 0.25) is 0 Å². The molecule has 0 atom stereocenters. The fourth-order valence-electron chi connectivity index (χ4n) is 3.12. The Balaban J connectivity index is 1.84. The van der Waals surface area contributed by atoms with Crippen LogP contribution in [0.4, 0.5) is 0 Å². The largest absolute Gasteiger partial charge is 0.460 e. The fourth-order valence-corrected chi connectivity index (χ4v) is 3.33. The number of carbonyl (C=O) groups excluding carboxylic acids is 1. The number of nitrogens with zero attached hydrogens (tertiary/aromatic N) is 3. The van der Waals surface area contributed by atoms with Crippen LogP contribution in [0.5, 0.6) is 0 Å². The summed E-state index contributed by atoms with van der Waals surface area (Å²) in [6, 6.07) is 12.9. The molecule has 3 heterocycles. The van der Waals surface area contributed by atoms with Crippen molar-refractivity contribution in [1.82, 2.24) is 14.7 Å². The van der Waals surface area contributed by atoms with Gasteiger partial charge in [0.25, 0.3) is 5.91 Å². The predicted octanol–water partition coefficient (Wildman–Crippen LogP) is 4.33. The van der Waals surface area contributed by atoms with Crippen molar-refractivity contribution in [2.75, 3.05) is 13.1 Å². The van der Waals surface area contributed by atoms with Gasteiger partial charge >= 0.3 is 0 Å². The summed E-state index contributed by atoms with van der Waals surface area (Å²) in [7, 11) is 0. The van der Waals surface area contributed by atoms with Crippen molar-refractivity contribution in [1.29, 1.82) is 0 Å². The lowest BCUT2D eigenvalue weighted by Gasteiger charge is -2.16. The molecule has 2 aromatic heterocycles. The predicted molar refractivity (Wildman–Crippen MR) is 96.2 cm³/mol. The first-order chi connectivity index (χ1) is 12.1. The second-order valence-corrected chi connectivity index (χ2v) is 6.59. The summed E-state index contributed by atoms with van der Waals surface area (Å²) in [5.74, 6) is 1.41. The molecule has 0 saturated carbocycles. The number of likely N-dealkylation sites (tertiary alicyclic amines) is 1. The lowest BCUT2D eigenvalue weighted by Crippen LogP contribution is -2.29. The molecule has 1 amide bonds. The van der Waals surface area contributed by atoms with E-state index in [4.69, 9.17) is 16.0 Å². The topological polar surface area (TPSA) is 51.3 Å². The van der Waals surface area contributed by atoms with Gasteiger partial charge in [0.15, 0.2) is 5.76 Å². The summed E-state index contributed by atoms with van der Waals surface area (Å²) in [6.45, 7) is 3.44. The Morgan fingerprint density at radius 3 is 2.60 bits per heavy atom. The van der Waals surface area contributed by atoms with Crippen LogP contribution in [0.2, 0.25) is 5.02 Å². The normalized spacial score (nSPS) is 14.2. The Hall–Kier alpha value is -2.53. The number of halogens is 1. The molecule has 1 saturated heterocycles. The molecule has 0 unspecified atom stereocenters. The highest BCUT2D eigenvalue weighted by molar-refractivity contribution is 6.32. The van der Waals surface area contributed by atoms with Crippen LogP contribution in [0.1, 0.15) is 29.1 Å². The summed E-state index contributed by atoms with van der Waals surface area (Å²) in [5.41, 5.74) is 1.80. The van der Waals surface area contributed by atoms with Gasteiger partial charge in [-0.25, -0.2) is 4.68 Å². The van der Waals surface area contributed by atoms with Gasteiger partial charge in [-0.05, 0) is 44.0 Å². The van der Waals surface area contributed by atoms with Crippen molar-refractivity contribution in [3.63, 3.8) is 0 Å². The quantitative estimate of drug-likeness (QED) is 0.702. The Bertz CT molecular complexity index is 922. The average molecular weight is 356 g/mol. The van der Waals surface area contributed by atoms with Gasteiger partial charge in [-0.1, -0.05) is 23.7 Å². The standard InChI is InChI=1S/C19H18ClN3O2/c1-13-8-9-18(25-13)15-12-17(19(24)22-10-4-5-11-22)23(21-15)16-7-3-2-6-14(16)20/h2-3,6-9,12H,4-5,10-11H2,1H3. The third kappa shape index (κ3) is 2.96. The monoisotopic (exact) mass is 355 g/mol. The molecule has 128 valence electrons. The van der Waals surface area contributed by atoms with Gasteiger partial charge in [-0.15, -0.1) is 0 Å². The number of hydrogen-bond acceptors (Lipinski definition) is 3. The van der Waals surface area contributed by atoms with E-state index in [9.17, 15) is 4.79 Å². The molecule has 0 spiro atoms. The molecule has 4 rings (SSSR count). The van der Waals surface area contributed by atoms with Gasteiger partial charge in [0.1, 0.15) is 17.1 Å². The van der Waals surface area contributed by atoms with Crippen LogP contribution in [0.25, 0.3) is 17.1 Å². The first kappa shape index (κ1) is 16.0. The summed E-state index contributed by atoms with van der Waals surface area (Å²) in [6.07, 6.45) is 2.08. The second kappa shape index (κ2) is 6.41. The van der Waals surface area contributed by atoms with E-state index in [1.165, 1.54) is 0 Å². The SMILES string of the molecule is Cc1ccc(-c2cc(C(=O)N3CCCC3)n(-c3ccccc3Cl)n2)o1. The van der Waals surface area contributed by atoms with Gasteiger partial charge in [0.05, 0.1) is 10.7 Å². The van der Waals surface area contributed by atoms with E-state index in [0.717, 1.165) is 31.7 Å². The van der Waals surface area contributed by atoms with Crippen LogP contribution in [-0.2, 0) is 0 Å². The number of aromatic nitrogens is 2. The molecule has 1 aliphatic rings. The molecule has 3 aromatic rings. The van der Waals surface area contributed by atoms with Crippen molar-refractivity contribution in [2.45, 2.75) is 19.8 Å². The minimum atomic E-state index is -0.0283. The third-order valence-corrected chi connectivity index (χ3v) is 4.71. The first-order valence-corrected chi connectivity index (χ1v) is 8.72. The third-order valence-electron chi connectivity index (χ3n) is 4.40. The van der Waals surface area contributed by atoms with E-state index in [-0.39, 0.29) is 5.91 Å². The molecule has 0 bridgehead atoms. The number of amides is 1. The first-order valence-electron chi connectivity index (χ1n) is 8.34.